The van der Waals surface area contributed by atoms with Crippen LogP contribution in [0.1, 0.15) is 27.7 Å². The summed E-state index contributed by atoms with van der Waals surface area (Å²) in [6, 6.07) is 11.0. The molecule has 1 aromatic carbocycles. The molecule has 0 bridgehead atoms. The van der Waals surface area contributed by atoms with Gasteiger partial charge in [0.15, 0.2) is 0 Å². The summed E-state index contributed by atoms with van der Waals surface area (Å²) in [5.41, 5.74) is 1.28. The van der Waals surface area contributed by atoms with E-state index in [-0.39, 0.29) is 12.3 Å². The third-order valence-corrected chi connectivity index (χ3v) is 5.50. The van der Waals surface area contributed by atoms with Gasteiger partial charge in [0, 0.05) is 33.9 Å². The summed E-state index contributed by atoms with van der Waals surface area (Å²) in [5.74, 6) is -0.880. The monoisotopic (exact) mass is 436 g/mol. The minimum atomic E-state index is -1.09. The molecule has 0 saturated carbocycles. The highest BCUT2D eigenvalue weighted by Gasteiger charge is 2.32. The molecule has 4 rings (SSSR count). The van der Waals surface area contributed by atoms with E-state index in [9.17, 15) is 14.4 Å². The summed E-state index contributed by atoms with van der Waals surface area (Å²) >= 11 is 1.43. The van der Waals surface area contributed by atoms with Gasteiger partial charge < -0.3 is 15.2 Å². The van der Waals surface area contributed by atoms with Crippen LogP contribution in [0.3, 0.4) is 0 Å². The second kappa shape index (κ2) is 8.84. The Balaban J connectivity index is 1.43. The van der Waals surface area contributed by atoms with Crippen LogP contribution in [0.2, 0.25) is 0 Å². The second-order valence-electron chi connectivity index (χ2n) is 6.53. The van der Waals surface area contributed by atoms with E-state index < -0.39 is 23.9 Å². The second-order valence-corrected chi connectivity index (χ2v) is 7.64. The molecule has 3 aromatic rings. The predicted octanol–water partition coefficient (Wildman–Crippen LogP) is 2.79. The Morgan fingerprint density at radius 1 is 1.13 bits per heavy atom. The van der Waals surface area contributed by atoms with Crippen LogP contribution in [0.5, 0.6) is 5.75 Å². The van der Waals surface area contributed by atoms with Crippen molar-refractivity contribution in [3.05, 3.63) is 77.9 Å². The van der Waals surface area contributed by atoms with E-state index in [1.165, 1.54) is 24.0 Å². The van der Waals surface area contributed by atoms with Crippen molar-refractivity contribution in [1.29, 1.82) is 0 Å². The minimum Gasteiger partial charge on any atom is -0.489 e. The molecule has 3 N–H and O–H groups in total. The molecule has 156 valence electrons. The van der Waals surface area contributed by atoms with Crippen LogP contribution < -0.4 is 15.4 Å². The molecule has 3 amide bonds. The maximum absolute atomic E-state index is 12.0. The van der Waals surface area contributed by atoms with Gasteiger partial charge in [-0.2, -0.15) is 0 Å². The van der Waals surface area contributed by atoms with Crippen LogP contribution in [0.25, 0.3) is 0 Å². The van der Waals surface area contributed by atoms with Crippen molar-refractivity contribution in [2.24, 2.45) is 0 Å². The van der Waals surface area contributed by atoms with Crippen LogP contribution >= 0.6 is 11.8 Å². The van der Waals surface area contributed by atoms with Crippen molar-refractivity contribution in [2.45, 2.75) is 22.4 Å². The van der Waals surface area contributed by atoms with E-state index in [0.29, 0.717) is 16.9 Å². The molecular formula is C21H16N4O5S. The van der Waals surface area contributed by atoms with Crippen molar-refractivity contribution in [1.82, 2.24) is 20.6 Å². The number of nitrogens with one attached hydrogen (secondary N) is 2. The number of aromatic nitrogens is 2. The number of carboxylic acid groups (broad SMARTS) is 1. The first-order valence-electron chi connectivity index (χ1n) is 9.14. The molecule has 1 fully saturated rings. The molecule has 2 aromatic heterocycles. The minimum absolute atomic E-state index is 0.0341. The van der Waals surface area contributed by atoms with Crippen molar-refractivity contribution in [3.63, 3.8) is 0 Å². The van der Waals surface area contributed by atoms with Crippen LogP contribution in [0, 0.1) is 0 Å². The molecule has 1 saturated heterocycles. The number of amides is 3. The van der Waals surface area contributed by atoms with E-state index in [2.05, 4.69) is 20.6 Å². The third-order valence-electron chi connectivity index (χ3n) is 4.40. The summed E-state index contributed by atoms with van der Waals surface area (Å²) in [6.45, 7) is 0.209. The molecule has 0 radical (unpaired) electrons. The van der Waals surface area contributed by atoms with Gasteiger partial charge in [-0.15, -0.1) is 0 Å². The first-order valence-corrected chi connectivity index (χ1v) is 9.95. The summed E-state index contributed by atoms with van der Waals surface area (Å²) in [5, 5.41) is 13.8. The topological polar surface area (TPSA) is 131 Å². The zero-order valence-electron chi connectivity index (χ0n) is 15.9. The zero-order chi connectivity index (χ0) is 21.8. The number of hydrogen-bond acceptors (Lipinski definition) is 7. The lowest BCUT2D eigenvalue weighted by atomic mass is 10.1. The van der Waals surface area contributed by atoms with Crippen molar-refractivity contribution in [2.75, 3.05) is 0 Å². The Bertz CT molecular complexity index is 1150. The molecular weight excluding hydrogens is 420 g/mol. The number of benzene rings is 1. The Morgan fingerprint density at radius 3 is 2.65 bits per heavy atom. The lowest BCUT2D eigenvalue weighted by Gasteiger charge is -2.13. The summed E-state index contributed by atoms with van der Waals surface area (Å²) in [6.07, 6.45) is 4.62. The molecule has 0 spiro atoms. The molecule has 1 unspecified atom stereocenters. The molecule has 1 atom stereocenters. The number of aromatic carboxylic acids is 1. The van der Waals surface area contributed by atoms with Gasteiger partial charge in [-0.1, -0.05) is 11.8 Å². The lowest BCUT2D eigenvalue weighted by molar-refractivity contribution is -0.120. The number of imide groups is 1. The standard InChI is InChI=1S/C21H16N4O5S/c26-19-18(24-21(29)25-19)15-10-22-7-6-17(15)31-14-3-1-13(2-4-14)30-11-12-5-8-23-16(9-12)20(27)28/h1-10,18H,11H2,(H,27,28)(H2,24,25,26,29). The molecule has 9 nitrogen and oxygen atoms in total. The molecule has 31 heavy (non-hydrogen) atoms. The number of rotatable bonds is 7. The Labute approximate surface area is 180 Å². The van der Waals surface area contributed by atoms with E-state index in [0.717, 1.165) is 9.79 Å². The summed E-state index contributed by atoms with van der Waals surface area (Å²) < 4.78 is 5.72. The van der Waals surface area contributed by atoms with E-state index in [1.54, 1.807) is 36.7 Å². The number of pyridine rings is 2. The fourth-order valence-electron chi connectivity index (χ4n) is 2.92. The number of nitrogens with zero attached hydrogens (tertiary/aromatic N) is 2. The largest absolute Gasteiger partial charge is 0.489 e. The Morgan fingerprint density at radius 2 is 1.94 bits per heavy atom. The first kappa shape index (κ1) is 20.4. The van der Waals surface area contributed by atoms with Crippen molar-refractivity contribution >= 4 is 29.7 Å². The van der Waals surface area contributed by atoms with Crippen LogP contribution in [0.4, 0.5) is 4.79 Å². The number of hydrogen-bond donors (Lipinski definition) is 3. The van der Waals surface area contributed by atoms with Gasteiger partial charge in [-0.25, -0.2) is 14.6 Å². The highest BCUT2D eigenvalue weighted by atomic mass is 32.2. The van der Waals surface area contributed by atoms with Gasteiger partial charge in [-0.3, -0.25) is 15.1 Å². The van der Waals surface area contributed by atoms with Gasteiger partial charge >= 0.3 is 12.0 Å². The normalized spacial score (nSPS) is 15.3. The maximum atomic E-state index is 12.0. The number of ether oxygens (including phenoxy) is 1. The fraction of sp³-hybridized carbons (Fsp3) is 0.0952. The summed E-state index contributed by atoms with van der Waals surface area (Å²) in [7, 11) is 0. The highest BCUT2D eigenvalue weighted by molar-refractivity contribution is 7.99. The van der Waals surface area contributed by atoms with Crippen molar-refractivity contribution < 1.29 is 24.2 Å². The van der Waals surface area contributed by atoms with Gasteiger partial charge in [0.05, 0.1) is 0 Å². The third kappa shape index (κ3) is 4.81. The molecule has 1 aliphatic rings. The fourth-order valence-corrected chi connectivity index (χ4v) is 3.86. The summed E-state index contributed by atoms with van der Waals surface area (Å²) in [4.78, 5) is 44.0. The first-order chi connectivity index (χ1) is 15.0. The SMILES string of the molecule is O=C1NC(=O)C(c2cnccc2Sc2ccc(OCc3ccnc(C(=O)O)c3)cc2)N1. The predicted molar refractivity (Wildman–Crippen MR) is 110 cm³/mol. The maximum Gasteiger partial charge on any atom is 0.354 e. The number of carbonyl (C=O) groups excluding carboxylic acids is 2. The zero-order valence-corrected chi connectivity index (χ0v) is 16.8. The van der Waals surface area contributed by atoms with Gasteiger partial charge in [0.25, 0.3) is 5.91 Å². The van der Waals surface area contributed by atoms with E-state index in [4.69, 9.17) is 9.84 Å². The van der Waals surface area contributed by atoms with Gasteiger partial charge in [-0.05, 0) is 48.0 Å². The van der Waals surface area contributed by atoms with E-state index in [1.807, 2.05) is 12.1 Å². The molecule has 0 aliphatic carbocycles. The number of urea groups is 1. The lowest BCUT2D eigenvalue weighted by Crippen LogP contribution is -2.22. The average molecular weight is 436 g/mol. The smallest absolute Gasteiger partial charge is 0.354 e. The molecule has 10 heteroatoms. The van der Waals surface area contributed by atoms with Crippen LogP contribution in [0.15, 0.2) is 70.8 Å². The molecule has 3 heterocycles. The molecule has 1 aliphatic heterocycles. The van der Waals surface area contributed by atoms with Crippen molar-refractivity contribution in [3.8, 4) is 5.75 Å². The highest BCUT2D eigenvalue weighted by Crippen LogP contribution is 2.34. The number of carbonyl (C=O) groups is 3. The Hall–Kier alpha value is -3.92. The van der Waals surface area contributed by atoms with Crippen LogP contribution in [-0.2, 0) is 11.4 Å². The Kier molecular flexibility index (Phi) is 5.80. The van der Waals surface area contributed by atoms with Gasteiger partial charge in [0.2, 0.25) is 0 Å². The van der Waals surface area contributed by atoms with E-state index >= 15 is 0 Å². The average Bonchev–Trinajstić information content (AvgIpc) is 3.11. The van der Waals surface area contributed by atoms with Gasteiger partial charge in [0.1, 0.15) is 24.1 Å². The quantitative estimate of drug-likeness (QED) is 0.482. The van der Waals surface area contributed by atoms with Crippen LogP contribution in [-0.4, -0.2) is 33.0 Å². The number of carboxylic acids is 1.